The van der Waals surface area contributed by atoms with Crippen molar-refractivity contribution in [2.24, 2.45) is 0 Å². The van der Waals surface area contributed by atoms with Crippen molar-refractivity contribution in [3.05, 3.63) is 58.3 Å². The van der Waals surface area contributed by atoms with E-state index in [4.69, 9.17) is 4.42 Å². The van der Waals surface area contributed by atoms with E-state index in [0.717, 1.165) is 6.07 Å². The number of nitrogens with one attached hydrogen (secondary N) is 1. The third-order valence-electron chi connectivity index (χ3n) is 3.55. The molecule has 2 aromatic rings. The Morgan fingerprint density at radius 3 is 2.11 bits per heavy atom. The highest BCUT2D eigenvalue weighted by atomic mass is 19.2. The Morgan fingerprint density at radius 1 is 1.04 bits per heavy atom. The number of hydrogen-bond donors (Lipinski definition) is 1. The predicted molar refractivity (Wildman–Crippen MR) is 90.0 cm³/mol. The standard InChI is InChI=1S/C19H18F3NO4/c1-9-11(8-15(27-9)17(25)18(26)23-19(2,3)4)14(24)7-10-5-12(20)16(22)13(21)6-10/h5-6,8H,7H2,1-4H3,(H,23,26). The summed E-state index contributed by atoms with van der Waals surface area (Å²) < 4.78 is 44.7. The summed E-state index contributed by atoms with van der Waals surface area (Å²) in [5.41, 5.74) is -0.716. The van der Waals surface area contributed by atoms with Gasteiger partial charge < -0.3 is 9.73 Å². The highest BCUT2D eigenvalue weighted by Gasteiger charge is 2.27. The molecule has 0 aliphatic heterocycles. The second-order valence-corrected chi connectivity index (χ2v) is 7.09. The van der Waals surface area contributed by atoms with Crippen LogP contribution in [0.3, 0.4) is 0 Å². The van der Waals surface area contributed by atoms with Gasteiger partial charge in [-0.2, -0.15) is 0 Å². The molecule has 5 nitrogen and oxygen atoms in total. The van der Waals surface area contributed by atoms with Gasteiger partial charge in [0.1, 0.15) is 5.76 Å². The van der Waals surface area contributed by atoms with Crippen LogP contribution in [0.25, 0.3) is 0 Å². The van der Waals surface area contributed by atoms with Crippen molar-refractivity contribution in [2.75, 3.05) is 0 Å². The number of halogens is 3. The summed E-state index contributed by atoms with van der Waals surface area (Å²) in [7, 11) is 0. The largest absolute Gasteiger partial charge is 0.457 e. The molecule has 2 rings (SSSR count). The van der Waals surface area contributed by atoms with E-state index in [0.29, 0.717) is 12.1 Å². The lowest BCUT2D eigenvalue weighted by atomic mass is 10.0. The van der Waals surface area contributed by atoms with Crippen molar-refractivity contribution < 1.29 is 32.0 Å². The minimum atomic E-state index is -1.62. The fourth-order valence-electron chi connectivity index (χ4n) is 2.37. The average Bonchev–Trinajstić information content (AvgIpc) is 2.92. The molecule has 0 spiro atoms. The van der Waals surface area contributed by atoms with Crippen LogP contribution < -0.4 is 5.32 Å². The van der Waals surface area contributed by atoms with Gasteiger partial charge in [0.15, 0.2) is 29.0 Å². The Bertz CT molecular complexity index is 903. The maximum absolute atomic E-state index is 13.3. The van der Waals surface area contributed by atoms with E-state index in [1.54, 1.807) is 20.8 Å². The quantitative estimate of drug-likeness (QED) is 0.488. The summed E-state index contributed by atoms with van der Waals surface area (Å²) in [6, 6.07) is 2.54. The Hall–Kier alpha value is -2.90. The summed E-state index contributed by atoms with van der Waals surface area (Å²) in [6.07, 6.45) is -0.434. The zero-order chi connectivity index (χ0) is 20.5. The Kier molecular flexibility index (Phi) is 5.58. The minimum absolute atomic E-state index is 0.00736. The molecule has 0 aliphatic rings. The Balaban J connectivity index is 2.22. The number of Topliss-reactive ketones (excluding diaryl/α,β-unsaturated/α-hetero) is 2. The first-order valence-corrected chi connectivity index (χ1v) is 8.03. The number of carbonyl (C=O) groups excluding carboxylic acids is 3. The van der Waals surface area contributed by atoms with Crippen LogP contribution in [-0.4, -0.2) is 23.0 Å². The zero-order valence-corrected chi connectivity index (χ0v) is 15.2. The van der Waals surface area contributed by atoms with E-state index in [9.17, 15) is 27.6 Å². The first kappa shape index (κ1) is 20.4. The summed E-state index contributed by atoms with van der Waals surface area (Å²) >= 11 is 0. The second kappa shape index (κ2) is 7.38. The summed E-state index contributed by atoms with van der Waals surface area (Å²) in [5.74, 6) is -7.12. The monoisotopic (exact) mass is 381 g/mol. The predicted octanol–water partition coefficient (Wildman–Crippen LogP) is 3.53. The molecule has 1 aromatic carbocycles. The van der Waals surface area contributed by atoms with Crippen molar-refractivity contribution in [3.63, 3.8) is 0 Å². The van der Waals surface area contributed by atoms with Gasteiger partial charge in [0.2, 0.25) is 0 Å². The molecular formula is C19H18F3NO4. The minimum Gasteiger partial charge on any atom is -0.457 e. The number of hydrogen-bond acceptors (Lipinski definition) is 4. The van der Waals surface area contributed by atoms with Crippen LogP contribution in [0.15, 0.2) is 22.6 Å². The lowest BCUT2D eigenvalue weighted by molar-refractivity contribution is -0.118. The van der Waals surface area contributed by atoms with E-state index in [-0.39, 0.29) is 22.6 Å². The lowest BCUT2D eigenvalue weighted by Gasteiger charge is -2.19. The highest BCUT2D eigenvalue weighted by molar-refractivity contribution is 6.42. The first-order chi connectivity index (χ1) is 12.4. The fraction of sp³-hybridized carbons (Fsp3) is 0.316. The smallest absolute Gasteiger partial charge is 0.296 e. The van der Waals surface area contributed by atoms with Gasteiger partial charge in [-0.15, -0.1) is 0 Å². The van der Waals surface area contributed by atoms with Crippen LogP contribution in [0.5, 0.6) is 0 Å². The molecule has 1 N–H and O–H groups in total. The molecule has 1 aromatic heterocycles. The van der Waals surface area contributed by atoms with Gasteiger partial charge in [-0.05, 0) is 51.5 Å². The Labute approximate surface area is 153 Å². The third kappa shape index (κ3) is 4.84. The zero-order valence-electron chi connectivity index (χ0n) is 15.2. The van der Waals surface area contributed by atoms with E-state index in [1.165, 1.54) is 6.92 Å². The normalized spacial score (nSPS) is 11.4. The van der Waals surface area contributed by atoms with E-state index < -0.39 is 46.9 Å². The molecule has 8 heteroatoms. The molecule has 27 heavy (non-hydrogen) atoms. The van der Waals surface area contributed by atoms with Crippen LogP contribution in [0.1, 0.15) is 53.0 Å². The summed E-state index contributed by atoms with van der Waals surface area (Å²) in [6.45, 7) is 6.50. The second-order valence-electron chi connectivity index (χ2n) is 7.09. The van der Waals surface area contributed by atoms with Crippen LogP contribution in [-0.2, 0) is 11.2 Å². The number of amides is 1. The van der Waals surface area contributed by atoms with Gasteiger partial charge in [0, 0.05) is 12.0 Å². The number of carbonyl (C=O) groups is 3. The summed E-state index contributed by atoms with van der Waals surface area (Å²) in [4.78, 5) is 36.4. The van der Waals surface area contributed by atoms with Crippen molar-refractivity contribution >= 4 is 17.5 Å². The van der Waals surface area contributed by atoms with E-state index >= 15 is 0 Å². The molecule has 0 aliphatic carbocycles. The van der Waals surface area contributed by atoms with Crippen molar-refractivity contribution in [1.82, 2.24) is 5.32 Å². The highest BCUT2D eigenvalue weighted by Crippen LogP contribution is 2.20. The molecule has 1 amide bonds. The first-order valence-electron chi connectivity index (χ1n) is 8.03. The topological polar surface area (TPSA) is 76.4 Å². The van der Waals surface area contributed by atoms with Gasteiger partial charge in [0.05, 0.1) is 5.56 Å². The maximum Gasteiger partial charge on any atom is 0.296 e. The van der Waals surface area contributed by atoms with Crippen molar-refractivity contribution in [3.8, 4) is 0 Å². The number of aryl methyl sites for hydroxylation is 1. The molecule has 1 heterocycles. The van der Waals surface area contributed by atoms with Crippen LogP contribution in [0, 0.1) is 24.4 Å². The number of rotatable bonds is 5. The van der Waals surface area contributed by atoms with E-state index in [1.807, 2.05) is 0 Å². The number of furan rings is 1. The van der Waals surface area contributed by atoms with Gasteiger partial charge in [-0.3, -0.25) is 14.4 Å². The molecule has 0 bridgehead atoms. The molecule has 0 fully saturated rings. The van der Waals surface area contributed by atoms with Crippen molar-refractivity contribution in [2.45, 2.75) is 39.7 Å². The summed E-state index contributed by atoms with van der Waals surface area (Å²) in [5, 5.41) is 2.48. The van der Waals surface area contributed by atoms with Crippen LogP contribution >= 0.6 is 0 Å². The number of ketones is 2. The molecule has 0 saturated carbocycles. The van der Waals surface area contributed by atoms with Crippen molar-refractivity contribution in [1.29, 1.82) is 0 Å². The van der Waals surface area contributed by atoms with Gasteiger partial charge in [0.25, 0.3) is 11.7 Å². The molecule has 0 atom stereocenters. The van der Waals surface area contributed by atoms with Crippen LogP contribution in [0.4, 0.5) is 13.2 Å². The van der Waals surface area contributed by atoms with Gasteiger partial charge in [-0.25, -0.2) is 13.2 Å². The molecular weight excluding hydrogens is 363 g/mol. The number of benzene rings is 1. The van der Waals surface area contributed by atoms with Crippen LogP contribution in [0.2, 0.25) is 0 Å². The molecule has 0 radical (unpaired) electrons. The fourth-order valence-corrected chi connectivity index (χ4v) is 2.37. The third-order valence-corrected chi connectivity index (χ3v) is 3.55. The SMILES string of the molecule is Cc1oc(C(=O)C(=O)NC(C)(C)C)cc1C(=O)Cc1cc(F)c(F)c(F)c1. The molecule has 0 saturated heterocycles. The molecule has 144 valence electrons. The molecule has 0 unspecified atom stereocenters. The van der Waals surface area contributed by atoms with E-state index in [2.05, 4.69) is 5.32 Å². The maximum atomic E-state index is 13.3. The average molecular weight is 381 g/mol. The Morgan fingerprint density at radius 2 is 1.59 bits per heavy atom. The lowest BCUT2D eigenvalue weighted by Crippen LogP contribution is -2.44. The van der Waals surface area contributed by atoms with Gasteiger partial charge >= 0.3 is 0 Å². The van der Waals surface area contributed by atoms with Gasteiger partial charge in [-0.1, -0.05) is 0 Å².